The molecule has 0 saturated heterocycles. The molecule has 1 amide bonds. The van der Waals surface area contributed by atoms with Gasteiger partial charge in [0.1, 0.15) is 5.75 Å². The normalized spacial score (nSPS) is 10.4. The smallest absolute Gasteiger partial charge is 0.410 e. The van der Waals surface area contributed by atoms with Crippen LogP contribution in [-0.4, -0.2) is 13.1 Å². The summed E-state index contributed by atoms with van der Waals surface area (Å²) in [6.07, 6.45) is -0.501. The summed E-state index contributed by atoms with van der Waals surface area (Å²) in [5.41, 5.74) is 1.47. The fraction of sp³-hybridized carbons (Fsp3) is 0.0714. The average molecular weight is 255 g/mol. The summed E-state index contributed by atoms with van der Waals surface area (Å²) in [6, 6.07) is 16.2. The number of carbonyl (C=O) groups is 1. The Bertz CT molecular complexity index is 565. The molecule has 5 heteroatoms. The number of amides is 1. The Morgan fingerprint density at radius 1 is 0.947 bits per heavy atom. The first kappa shape index (κ1) is 12.8. The van der Waals surface area contributed by atoms with Gasteiger partial charge >= 0.3 is 6.09 Å². The summed E-state index contributed by atoms with van der Waals surface area (Å²) in [5.74, 6) is 0.456. The number of nitrogens with one attached hydrogen (secondary N) is 1. The van der Waals surface area contributed by atoms with Crippen LogP contribution in [0.4, 0.5) is 16.2 Å². The third-order valence-corrected chi connectivity index (χ3v) is 2.29. The van der Waals surface area contributed by atoms with Crippen molar-refractivity contribution in [3.05, 3.63) is 54.6 Å². The zero-order valence-electron chi connectivity index (χ0n) is 10.4. The molecule has 19 heavy (non-hydrogen) atoms. The molecule has 0 aliphatic heterocycles. The maximum atomic E-state index is 11.0. The third kappa shape index (κ3) is 3.92. The molecule has 0 bridgehead atoms. The maximum absolute atomic E-state index is 11.0. The first-order chi connectivity index (χ1) is 9.28. The molecule has 96 valence electrons. The monoisotopic (exact) mass is 255 g/mol. The number of rotatable bonds is 3. The van der Waals surface area contributed by atoms with Crippen molar-refractivity contribution < 1.29 is 9.53 Å². The Balaban J connectivity index is 2.03. The van der Waals surface area contributed by atoms with E-state index >= 15 is 0 Å². The summed E-state index contributed by atoms with van der Waals surface area (Å²) in [4.78, 5) is 11.0. The van der Waals surface area contributed by atoms with Crippen LogP contribution in [0.25, 0.3) is 0 Å². The van der Waals surface area contributed by atoms with Crippen molar-refractivity contribution in [3.8, 4) is 5.75 Å². The van der Waals surface area contributed by atoms with Gasteiger partial charge in [0.25, 0.3) is 0 Å². The first-order valence-electron chi connectivity index (χ1n) is 5.74. The molecule has 0 fully saturated rings. The SMILES string of the molecule is CNC(=O)Oc1ccc(N=Nc2ccccc2)cc1. The molecule has 0 heterocycles. The van der Waals surface area contributed by atoms with Crippen molar-refractivity contribution in [1.29, 1.82) is 0 Å². The maximum Gasteiger partial charge on any atom is 0.412 e. The van der Waals surface area contributed by atoms with E-state index < -0.39 is 6.09 Å². The highest BCUT2D eigenvalue weighted by Crippen LogP contribution is 2.21. The summed E-state index contributed by atoms with van der Waals surface area (Å²) >= 11 is 0. The quantitative estimate of drug-likeness (QED) is 0.847. The van der Waals surface area contributed by atoms with Gasteiger partial charge in [-0.3, -0.25) is 0 Å². The number of nitrogens with zero attached hydrogens (tertiary/aromatic N) is 2. The van der Waals surface area contributed by atoms with Gasteiger partial charge in [0, 0.05) is 7.05 Å². The van der Waals surface area contributed by atoms with Gasteiger partial charge in [-0.2, -0.15) is 10.2 Å². The van der Waals surface area contributed by atoms with Gasteiger partial charge in [0.15, 0.2) is 0 Å². The van der Waals surface area contributed by atoms with E-state index in [1.165, 1.54) is 7.05 Å². The minimum Gasteiger partial charge on any atom is -0.410 e. The number of hydrogen-bond donors (Lipinski definition) is 1. The second-order valence-electron chi connectivity index (χ2n) is 3.67. The minimum absolute atomic E-state index is 0.456. The van der Waals surface area contributed by atoms with Gasteiger partial charge in [-0.05, 0) is 36.4 Å². The van der Waals surface area contributed by atoms with Crippen LogP contribution in [-0.2, 0) is 0 Å². The predicted molar refractivity (Wildman–Crippen MR) is 72.1 cm³/mol. The average Bonchev–Trinajstić information content (AvgIpc) is 2.47. The number of benzene rings is 2. The summed E-state index contributed by atoms with van der Waals surface area (Å²) in [5, 5.41) is 10.5. The number of ether oxygens (including phenoxy) is 1. The van der Waals surface area contributed by atoms with E-state index in [4.69, 9.17) is 4.74 Å². The van der Waals surface area contributed by atoms with Crippen molar-refractivity contribution in [2.45, 2.75) is 0 Å². The molecule has 2 aromatic rings. The third-order valence-electron chi connectivity index (χ3n) is 2.29. The van der Waals surface area contributed by atoms with E-state index in [9.17, 15) is 4.79 Å². The fourth-order valence-corrected chi connectivity index (χ4v) is 1.35. The molecule has 0 atom stereocenters. The molecule has 0 unspecified atom stereocenters. The number of azo groups is 1. The molecule has 2 rings (SSSR count). The van der Waals surface area contributed by atoms with E-state index in [0.29, 0.717) is 11.4 Å². The van der Waals surface area contributed by atoms with Crippen LogP contribution in [0.1, 0.15) is 0 Å². The number of hydrogen-bond acceptors (Lipinski definition) is 4. The largest absolute Gasteiger partial charge is 0.412 e. The highest BCUT2D eigenvalue weighted by Gasteiger charge is 2.00. The van der Waals surface area contributed by atoms with Crippen LogP contribution in [0.2, 0.25) is 0 Å². The lowest BCUT2D eigenvalue weighted by Gasteiger charge is -2.02. The van der Waals surface area contributed by atoms with E-state index in [0.717, 1.165) is 5.69 Å². The van der Waals surface area contributed by atoms with E-state index in [2.05, 4.69) is 15.5 Å². The molecule has 0 aliphatic carbocycles. The Morgan fingerprint density at radius 2 is 1.53 bits per heavy atom. The lowest BCUT2D eigenvalue weighted by molar-refractivity contribution is 0.203. The van der Waals surface area contributed by atoms with Gasteiger partial charge in [-0.25, -0.2) is 4.79 Å². The van der Waals surface area contributed by atoms with E-state index in [1.807, 2.05) is 30.3 Å². The second-order valence-corrected chi connectivity index (χ2v) is 3.67. The fourth-order valence-electron chi connectivity index (χ4n) is 1.35. The van der Waals surface area contributed by atoms with Crippen LogP contribution in [0.5, 0.6) is 5.75 Å². The van der Waals surface area contributed by atoms with Crippen LogP contribution in [0.15, 0.2) is 64.8 Å². The van der Waals surface area contributed by atoms with Crippen molar-refractivity contribution in [3.63, 3.8) is 0 Å². The van der Waals surface area contributed by atoms with Gasteiger partial charge in [-0.1, -0.05) is 18.2 Å². The Morgan fingerprint density at radius 3 is 2.11 bits per heavy atom. The van der Waals surface area contributed by atoms with Crippen LogP contribution in [0.3, 0.4) is 0 Å². The molecule has 0 aromatic heterocycles. The first-order valence-corrected chi connectivity index (χ1v) is 5.74. The minimum atomic E-state index is -0.501. The summed E-state index contributed by atoms with van der Waals surface area (Å²) in [7, 11) is 1.50. The molecular weight excluding hydrogens is 242 g/mol. The van der Waals surface area contributed by atoms with Crippen molar-refractivity contribution >= 4 is 17.5 Å². The molecule has 5 nitrogen and oxygen atoms in total. The zero-order valence-corrected chi connectivity index (χ0v) is 10.4. The lowest BCUT2D eigenvalue weighted by atomic mass is 10.3. The van der Waals surface area contributed by atoms with Crippen molar-refractivity contribution in [1.82, 2.24) is 5.32 Å². The number of carbonyl (C=O) groups excluding carboxylic acids is 1. The highest BCUT2D eigenvalue weighted by molar-refractivity contribution is 5.70. The van der Waals surface area contributed by atoms with Gasteiger partial charge in [0.05, 0.1) is 11.4 Å². The molecule has 0 spiro atoms. The molecule has 1 N–H and O–H groups in total. The second kappa shape index (κ2) is 6.30. The van der Waals surface area contributed by atoms with Gasteiger partial charge < -0.3 is 10.1 Å². The molecular formula is C14H13N3O2. The van der Waals surface area contributed by atoms with Gasteiger partial charge in [0.2, 0.25) is 0 Å². The lowest BCUT2D eigenvalue weighted by Crippen LogP contribution is -2.21. The van der Waals surface area contributed by atoms with Gasteiger partial charge in [-0.15, -0.1) is 0 Å². The highest BCUT2D eigenvalue weighted by atomic mass is 16.5. The van der Waals surface area contributed by atoms with E-state index in [-0.39, 0.29) is 0 Å². The van der Waals surface area contributed by atoms with Crippen LogP contribution < -0.4 is 10.1 Å². The van der Waals surface area contributed by atoms with E-state index in [1.54, 1.807) is 24.3 Å². The van der Waals surface area contributed by atoms with Crippen molar-refractivity contribution in [2.75, 3.05) is 7.05 Å². The molecule has 2 aromatic carbocycles. The summed E-state index contributed by atoms with van der Waals surface area (Å²) in [6.45, 7) is 0. The zero-order chi connectivity index (χ0) is 13.5. The van der Waals surface area contributed by atoms with Crippen molar-refractivity contribution in [2.24, 2.45) is 10.2 Å². The Labute approximate surface area is 110 Å². The molecule has 0 aliphatic rings. The predicted octanol–water partition coefficient (Wildman–Crippen LogP) is 3.82. The standard InChI is InChI=1S/C14H13N3O2/c1-15-14(18)19-13-9-7-12(8-10-13)17-16-11-5-3-2-4-6-11/h2-10H,1H3,(H,15,18). The molecule has 0 radical (unpaired) electrons. The Hall–Kier alpha value is -2.69. The summed E-state index contributed by atoms with van der Waals surface area (Å²) < 4.78 is 4.96. The topological polar surface area (TPSA) is 63.0 Å². The van der Waals surface area contributed by atoms with Crippen LogP contribution in [0, 0.1) is 0 Å². The Kier molecular flexibility index (Phi) is 4.23. The van der Waals surface area contributed by atoms with Crippen LogP contribution >= 0.6 is 0 Å². The molecule has 0 saturated carbocycles.